The Labute approximate surface area is 139 Å². The summed E-state index contributed by atoms with van der Waals surface area (Å²) in [5, 5.41) is 10.3. The Morgan fingerprint density at radius 2 is 1.75 bits per heavy atom. The van der Waals surface area contributed by atoms with Gasteiger partial charge in [0, 0.05) is 11.1 Å². The summed E-state index contributed by atoms with van der Waals surface area (Å²) in [7, 11) is 1.63. The highest BCUT2D eigenvalue weighted by atomic mass is 16.5. The van der Waals surface area contributed by atoms with E-state index in [0.717, 1.165) is 28.1 Å². The maximum absolute atomic E-state index is 12.3. The molecule has 3 aromatic rings. The molecular weight excluding hydrogens is 302 g/mol. The average Bonchev–Trinajstić information content (AvgIpc) is 3.18. The first-order chi connectivity index (χ1) is 11.7. The summed E-state index contributed by atoms with van der Waals surface area (Å²) < 4.78 is 5.21. The monoisotopic (exact) mass is 319 g/mol. The van der Waals surface area contributed by atoms with E-state index >= 15 is 0 Å². The molecule has 0 unspecified atom stereocenters. The first kappa shape index (κ1) is 14.5. The second-order valence-corrected chi connectivity index (χ2v) is 5.91. The number of nitrogens with one attached hydrogen (secondary N) is 2. The molecule has 0 aliphatic carbocycles. The molecule has 0 bridgehead atoms. The number of hydrogen-bond donors (Lipinski definition) is 2. The summed E-state index contributed by atoms with van der Waals surface area (Å²) in [5.74, 6) is 0.658. The molecule has 0 spiro atoms. The van der Waals surface area contributed by atoms with Crippen LogP contribution in [0.25, 0.3) is 11.3 Å². The van der Waals surface area contributed by atoms with Crippen molar-refractivity contribution in [1.29, 1.82) is 0 Å². The van der Waals surface area contributed by atoms with Crippen molar-refractivity contribution >= 4 is 5.91 Å². The number of carbonyl (C=O) groups excluding carboxylic acids is 1. The number of hydrogen-bond acceptors (Lipinski definition) is 3. The molecule has 2 heterocycles. The fourth-order valence-electron chi connectivity index (χ4n) is 3.06. The Morgan fingerprint density at radius 1 is 1.04 bits per heavy atom. The molecular formula is C19H17N3O2. The van der Waals surface area contributed by atoms with Crippen LogP contribution in [0.3, 0.4) is 0 Å². The quantitative estimate of drug-likeness (QED) is 0.779. The van der Waals surface area contributed by atoms with E-state index in [0.29, 0.717) is 5.69 Å². The second kappa shape index (κ2) is 5.53. The average molecular weight is 319 g/mol. The number of carbonyl (C=O) groups is 1. The normalized spacial score (nSPS) is 15.9. The maximum atomic E-state index is 12.3. The van der Waals surface area contributed by atoms with Gasteiger partial charge in [0.05, 0.1) is 18.8 Å². The number of ether oxygens (including phenoxy) is 1. The van der Waals surface area contributed by atoms with Crippen LogP contribution in [-0.4, -0.2) is 23.2 Å². The van der Waals surface area contributed by atoms with Crippen LogP contribution in [0.4, 0.5) is 0 Å². The number of rotatable bonds is 3. The summed E-state index contributed by atoms with van der Waals surface area (Å²) >= 11 is 0. The zero-order valence-corrected chi connectivity index (χ0v) is 13.5. The molecule has 0 saturated heterocycles. The summed E-state index contributed by atoms with van der Waals surface area (Å²) in [4.78, 5) is 12.3. The lowest BCUT2D eigenvalue weighted by Crippen LogP contribution is -2.21. The fourth-order valence-corrected chi connectivity index (χ4v) is 3.06. The Kier molecular flexibility index (Phi) is 3.34. The van der Waals surface area contributed by atoms with E-state index in [1.165, 1.54) is 5.56 Å². The summed E-state index contributed by atoms with van der Waals surface area (Å²) in [6, 6.07) is 15.6. The van der Waals surface area contributed by atoms with Crippen LogP contribution < -0.4 is 10.1 Å². The van der Waals surface area contributed by atoms with Gasteiger partial charge in [-0.2, -0.15) is 5.10 Å². The molecule has 1 aliphatic heterocycles. The number of aromatic amines is 1. The van der Waals surface area contributed by atoms with Crippen molar-refractivity contribution in [2.24, 2.45) is 0 Å². The number of nitrogens with zero attached hydrogens (tertiary/aromatic N) is 1. The second-order valence-electron chi connectivity index (χ2n) is 5.91. The van der Waals surface area contributed by atoms with Crippen molar-refractivity contribution in [1.82, 2.24) is 15.5 Å². The number of aryl methyl sites for hydroxylation is 1. The molecule has 120 valence electrons. The number of amides is 1. The molecule has 2 N–H and O–H groups in total. The highest BCUT2D eigenvalue weighted by molar-refractivity contribution is 6.00. The Hall–Kier alpha value is -3.08. The first-order valence-corrected chi connectivity index (χ1v) is 7.77. The van der Waals surface area contributed by atoms with Gasteiger partial charge in [0.2, 0.25) is 0 Å². The fraction of sp³-hybridized carbons (Fsp3) is 0.158. The Morgan fingerprint density at radius 3 is 2.42 bits per heavy atom. The molecule has 1 aliphatic rings. The van der Waals surface area contributed by atoms with Gasteiger partial charge in [0.25, 0.3) is 5.91 Å². The Balaban J connectivity index is 1.80. The van der Waals surface area contributed by atoms with Crippen LogP contribution in [0, 0.1) is 6.92 Å². The first-order valence-electron chi connectivity index (χ1n) is 7.77. The van der Waals surface area contributed by atoms with Gasteiger partial charge in [-0.3, -0.25) is 9.89 Å². The van der Waals surface area contributed by atoms with Crippen molar-refractivity contribution in [2.45, 2.75) is 13.0 Å². The van der Waals surface area contributed by atoms with Gasteiger partial charge >= 0.3 is 0 Å². The maximum Gasteiger partial charge on any atom is 0.270 e. The zero-order chi connectivity index (χ0) is 16.7. The summed E-state index contributed by atoms with van der Waals surface area (Å²) in [6.45, 7) is 2.05. The highest BCUT2D eigenvalue weighted by Crippen LogP contribution is 2.37. The number of benzene rings is 2. The number of fused-ring (bicyclic) bond motifs is 1. The third-order valence-corrected chi connectivity index (χ3v) is 4.37. The molecule has 1 aromatic heterocycles. The van der Waals surface area contributed by atoms with Crippen molar-refractivity contribution in [3.05, 3.63) is 70.9 Å². The van der Waals surface area contributed by atoms with E-state index in [2.05, 4.69) is 15.5 Å². The summed E-state index contributed by atoms with van der Waals surface area (Å²) in [6.07, 6.45) is 0. The van der Waals surface area contributed by atoms with Gasteiger partial charge in [0.1, 0.15) is 11.4 Å². The largest absolute Gasteiger partial charge is 0.497 e. The molecule has 1 amide bonds. The van der Waals surface area contributed by atoms with Gasteiger partial charge in [0.15, 0.2) is 0 Å². The van der Waals surface area contributed by atoms with Gasteiger partial charge in [-0.15, -0.1) is 0 Å². The number of H-pyrrole nitrogens is 1. The van der Waals surface area contributed by atoms with Gasteiger partial charge in [-0.25, -0.2) is 0 Å². The number of methoxy groups -OCH3 is 1. The molecule has 24 heavy (non-hydrogen) atoms. The predicted octanol–water partition coefficient (Wildman–Crippen LogP) is 3.23. The molecule has 4 rings (SSSR count). The van der Waals surface area contributed by atoms with E-state index in [4.69, 9.17) is 4.74 Å². The van der Waals surface area contributed by atoms with Gasteiger partial charge in [-0.1, -0.05) is 42.0 Å². The van der Waals surface area contributed by atoms with Crippen molar-refractivity contribution in [2.75, 3.05) is 7.11 Å². The Bertz CT molecular complexity index is 895. The van der Waals surface area contributed by atoms with Crippen LogP contribution in [0.5, 0.6) is 5.75 Å². The lowest BCUT2D eigenvalue weighted by atomic mass is 9.96. The minimum absolute atomic E-state index is 0.128. The van der Waals surface area contributed by atoms with Crippen molar-refractivity contribution < 1.29 is 9.53 Å². The third kappa shape index (κ3) is 2.25. The lowest BCUT2D eigenvalue weighted by molar-refractivity contribution is 0.0955. The minimum atomic E-state index is -0.214. The van der Waals surface area contributed by atoms with Crippen molar-refractivity contribution in [3.63, 3.8) is 0 Å². The van der Waals surface area contributed by atoms with E-state index in [9.17, 15) is 4.79 Å². The van der Waals surface area contributed by atoms with Crippen LogP contribution in [-0.2, 0) is 0 Å². The predicted molar refractivity (Wildman–Crippen MR) is 91.1 cm³/mol. The molecule has 1 atom stereocenters. The molecule has 0 fully saturated rings. The van der Waals surface area contributed by atoms with E-state index in [1.807, 2.05) is 55.5 Å². The molecule has 5 heteroatoms. The molecule has 5 nitrogen and oxygen atoms in total. The highest BCUT2D eigenvalue weighted by Gasteiger charge is 2.35. The number of aromatic nitrogens is 2. The lowest BCUT2D eigenvalue weighted by Gasteiger charge is -2.14. The van der Waals surface area contributed by atoms with Crippen LogP contribution in [0.1, 0.15) is 33.2 Å². The standard InChI is InChI=1S/C19H17N3O2/c1-11-3-5-13(6-4-11)17-15-16(20-19(23)18(15)22-21-17)12-7-9-14(24-2)10-8-12/h3-10,16H,1-2H3,(H,20,23)(H,21,22)/t16-/m1/s1. The SMILES string of the molecule is COc1ccc([C@H]2NC(=O)c3[nH]nc(-c4ccc(C)cc4)c32)cc1. The molecule has 0 saturated carbocycles. The van der Waals surface area contributed by atoms with Gasteiger partial charge in [-0.05, 0) is 24.6 Å². The third-order valence-electron chi connectivity index (χ3n) is 4.37. The topological polar surface area (TPSA) is 67.0 Å². The van der Waals surface area contributed by atoms with Crippen LogP contribution >= 0.6 is 0 Å². The molecule has 0 radical (unpaired) electrons. The molecule has 2 aromatic carbocycles. The smallest absolute Gasteiger partial charge is 0.270 e. The van der Waals surface area contributed by atoms with Crippen LogP contribution in [0.2, 0.25) is 0 Å². The summed E-state index contributed by atoms with van der Waals surface area (Å²) in [5.41, 5.74) is 5.42. The minimum Gasteiger partial charge on any atom is -0.497 e. The van der Waals surface area contributed by atoms with Gasteiger partial charge < -0.3 is 10.1 Å². The van der Waals surface area contributed by atoms with E-state index < -0.39 is 0 Å². The van der Waals surface area contributed by atoms with Crippen LogP contribution in [0.15, 0.2) is 48.5 Å². The zero-order valence-electron chi connectivity index (χ0n) is 13.5. The van der Waals surface area contributed by atoms with E-state index in [-0.39, 0.29) is 11.9 Å². The van der Waals surface area contributed by atoms with E-state index in [1.54, 1.807) is 7.11 Å². The van der Waals surface area contributed by atoms with Crippen molar-refractivity contribution in [3.8, 4) is 17.0 Å².